The molecule has 2 aromatic heterocycles. The molecular weight excluding hydrogens is 356 g/mol. The van der Waals surface area contributed by atoms with Crippen molar-refractivity contribution in [2.24, 2.45) is 0 Å². The van der Waals surface area contributed by atoms with Crippen LogP contribution < -0.4 is 10.4 Å². The van der Waals surface area contributed by atoms with Crippen molar-refractivity contribution in [1.82, 2.24) is 0 Å². The highest BCUT2D eigenvalue weighted by Crippen LogP contribution is 2.35. The van der Waals surface area contributed by atoms with E-state index in [-0.39, 0.29) is 5.60 Å². The topological polar surface area (TPSA) is 61.8 Å². The minimum Gasteiger partial charge on any atom is -0.488 e. The van der Waals surface area contributed by atoms with Gasteiger partial charge in [-0.1, -0.05) is 17.7 Å². The lowest BCUT2D eigenvalue weighted by molar-refractivity contribution is 0.0284. The number of hydrogen-bond donors (Lipinski definition) is 0. The minimum atomic E-state index is -0.401. The Morgan fingerprint density at radius 3 is 2.75 bits per heavy atom. The fourth-order valence-corrected chi connectivity index (χ4v) is 3.07. The van der Waals surface area contributed by atoms with E-state index in [9.17, 15) is 4.79 Å². The summed E-state index contributed by atoms with van der Waals surface area (Å²) in [5.74, 6) is 0.655. The summed E-state index contributed by atoms with van der Waals surface area (Å²) in [6.45, 7) is 9.25. The SMILES string of the molecule is CCOC(C)(C)/C=C/C/C(C)=C/COc1c2ccoc2cc2oc(=O)ccc12. The summed E-state index contributed by atoms with van der Waals surface area (Å²) in [5, 5.41) is 1.60. The van der Waals surface area contributed by atoms with Gasteiger partial charge in [0.15, 0.2) is 0 Å². The first kappa shape index (κ1) is 20.0. The minimum absolute atomic E-state index is 0.259. The molecule has 0 fully saturated rings. The van der Waals surface area contributed by atoms with Crippen molar-refractivity contribution < 1.29 is 18.3 Å². The molecule has 0 amide bonds. The van der Waals surface area contributed by atoms with Crippen molar-refractivity contribution in [2.75, 3.05) is 13.2 Å². The first-order valence-corrected chi connectivity index (χ1v) is 9.44. The maximum atomic E-state index is 11.5. The molecule has 3 aromatic rings. The quantitative estimate of drug-likeness (QED) is 0.373. The van der Waals surface area contributed by atoms with Gasteiger partial charge in [-0.05, 0) is 52.3 Å². The predicted molar refractivity (Wildman–Crippen MR) is 111 cm³/mol. The molecule has 2 heterocycles. The van der Waals surface area contributed by atoms with Gasteiger partial charge in [-0.3, -0.25) is 0 Å². The Kier molecular flexibility index (Phi) is 6.05. The molecule has 148 valence electrons. The fraction of sp³-hybridized carbons (Fsp3) is 0.348. The molecular formula is C23H26O5. The van der Waals surface area contributed by atoms with Crippen LogP contribution in [0.1, 0.15) is 34.1 Å². The van der Waals surface area contributed by atoms with Crippen LogP contribution in [0.3, 0.4) is 0 Å². The van der Waals surface area contributed by atoms with Crippen LogP contribution in [-0.2, 0) is 4.74 Å². The second kappa shape index (κ2) is 8.48. The number of allylic oxidation sites excluding steroid dienone is 2. The Morgan fingerprint density at radius 1 is 1.18 bits per heavy atom. The molecule has 0 saturated heterocycles. The van der Waals surface area contributed by atoms with Crippen LogP contribution in [0.4, 0.5) is 0 Å². The van der Waals surface area contributed by atoms with Gasteiger partial charge in [-0.25, -0.2) is 4.79 Å². The van der Waals surface area contributed by atoms with Crippen molar-refractivity contribution in [3.05, 3.63) is 64.7 Å². The van der Waals surface area contributed by atoms with E-state index in [0.717, 1.165) is 17.2 Å². The molecule has 5 nitrogen and oxygen atoms in total. The van der Waals surface area contributed by atoms with E-state index in [1.165, 1.54) is 11.6 Å². The molecule has 0 saturated carbocycles. The van der Waals surface area contributed by atoms with Gasteiger partial charge in [-0.15, -0.1) is 0 Å². The van der Waals surface area contributed by atoms with Crippen LogP contribution in [0.5, 0.6) is 5.75 Å². The molecule has 0 unspecified atom stereocenters. The van der Waals surface area contributed by atoms with E-state index in [4.69, 9.17) is 18.3 Å². The van der Waals surface area contributed by atoms with Crippen molar-refractivity contribution >= 4 is 21.9 Å². The van der Waals surface area contributed by atoms with Gasteiger partial charge < -0.3 is 18.3 Å². The van der Waals surface area contributed by atoms with Gasteiger partial charge in [0.05, 0.1) is 22.6 Å². The molecule has 5 heteroatoms. The Balaban J connectivity index is 1.74. The summed E-state index contributed by atoms with van der Waals surface area (Å²) in [5.41, 5.74) is 1.61. The largest absolute Gasteiger partial charge is 0.488 e. The summed E-state index contributed by atoms with van der Waals surface area (Å²) in [7, 11) is 0. The lowest BCUT2D eigenvalue weighted by Gasteiger charge is -2.20. The highest BCUT2D eigenvalue weighted by molar-refractivity contribution is 6.01. The molecule has 0 N–H and O–H groups in total. The molecule has 0 radical (unpaired) electrons. The van der Waals surface area contributed by atoms with Crippen LogP contribution in [-0.4, -0.2) is 18.8 Å². The highest BCUT2D eigenvalue weighted by atomic mass is 16.5. The Bertz CT molecular complexity index is 1070. The molecule has 0 aliphatic carbocycles. The van der Waals surface area contributed by atoms with Gasteiger partial charge in [-0.2, -0.15) is 0 Å². The first-order valence-electron chi connectivity index (χ1n) is 9.44. The molecule has 0 aliphatic rings. The summed E-state index contributed by atoms with van der Waals surface area (Å²) in [6, 6.07) is 6.68. The van der Waals surface area contributed by atoms with E-state index in [1.807, 2.05) is 32.9 Å². The molecule has 3 rings (SSSR count). The maximum absolute atomic E-state index is 11.5. The standard InChI is InChI=1S/C23H26O5/c1-5-27-23(3,4)12-6-7-16(2)10-13-26-22-17-8-9-21(24)28-20(17)15-19-18(22)11-14-25-19/h6,8-12,14-15H,5,7,13H2,1-4H3/b12-6+,16-10+. The third-order valence-corrected chi connectivity index (χ3v) is 4.44. The molecule has 28 heavy (non-hydrogen) atoms. The summed E-state index contributed by atoms with van der Waals surface area (Å²) < 4.78 is 22.4. The third kappa shape index (κ3) is 4.73. The average Bonchev–Trinajstić information content (AvgIpc) is 3.08. The van der Waals surface area contributed by atoms with Gasteiger partial charge in [0.2, 0.25) is 0 Å². The zero-order chi connectivity index (χ0) is 20.1. The van der Waals surface area contributed by atoms with Crippen LogP contribution >= 0.6 is 0 Å². The zero-order valence-electron chi connectivity index (χ0n) is 16.8. The Hall–Kier alpha value is -2.79. The second-order valence-electron chi connectivity index (χ2n) is 7.21. The van der Waals surface area contributed by atoms with Gasteiger partial charge in [0.25, 0.3) is 0 Å². The van der Waals surface area contributed by atoms with E-state index < -0.39 is 5.63 Å². The molecule has 0 spiro atoms. The highest BCUT2D eigenvalue weighted by Gasteiger charge is 2.13. The number of hydrogen-bond acceptors (Lipinski definition) is 5. The molecule has 0 atom stereocenters. The van der Waals surface area contributed by atoms with Crippen molar-refractivity contribution in [2.45, 2.75) is 39.7 Å². The number of rotatable bonds is 8. The van der Waals surface area contributed by atoms with E-state index in [1.54, 1.807) is 18.4 Å². The maximum Gasteiger partial charge on any atom is 0.336 e. The van der Waals surface area contributed by atoms with Crippen molar-refractivity contribution in [3.8, 4) is 5.75 Å². The second-order valence-corrected chi connectivity index (χ2v) is 7.21. The lowest BCUT2D eigenvalue weighted by atomic mass is 10.1. The van der Waals surface area contributed by atoms with E-state index in [0.29, 0.717) is 30.1 Å². The predicted octanol–water partition coefficient (Wildman–Crippen LogP) is 5.63. The Labute approximate surface area is 164 Å². The van der Waals surface area contributed by atoms with Gasteiger partial charge in [0, 0.05) is 18.7 Å². The molecule has 0 bridgehead atoms. The third-order valence-electron chi connectivity index (χ3n) is 4.44. The summed E-state index contributed by atoms with van der Waals surface area (Å²) in [6.07, 6.45) is 8.66. The number of benzene rings is 1. The van der Waals surface area contributed by atoms with Crippen LogP contribution in [0.25, 0.3) is 21.9 Å². The summed E-state index contributed by atoms with van der Waals surface area (Å²) in [4.78, 5) is 11.5. The summed E-state index contributed by atoms with van der Waals surface area (Å²) >= 11 is 0. The normalized spacial score (nSPS) is 13.1. The number of ether oxygens (including phenoxy) is 2. The van der Waals surface area contributed by atoms with Crippen LogP contribution in [0.15, 0.2) is 68.0 Å². The van der Waals surface area contributed by atoms with Gasteiger partial charge in [0.1, 0.15) is 23.5 Å². The van der Waals surface area contributed by atoms with Crippen LogP contribution in [0.2, 0.25) is 0 Å². The van der Waals surface area contributed by atoms with E-state index >= 15 is 0 Å². The van der Waals surface area contributed by atoms with Gasteiger partial charge >= 0.3 is 5.63 Å². The monoisotopic (exact) mass is 382 g/mol. The average molecular weight is 382 g/mol. The van der Waals surface area contributed by atoms with Crippen molar-refractivity contribution in [3.63, 3.8) is 0 Å². The molecule has 0 aliphatic heterocycles. The number of furan rings is 1. The van der Waals surface area contributed by atoms with E-state index in [2.05, 4.69) is 19.1 Å². The number of fused-ring (bicyclic) bond motifs is 2. The molecule has 1 aromatic carbocycles. The fourth-order valence-electron chi connectivity index (χ4n) is 3.07. The van der Waals surface area contributed by atoms with Crippen LogP contribution in [0, 0.1) is 0 Å². The smallest absolute Gasteiger partial charge is 0.336 e. The van der Waals surface area contributed by atoms with Crippen molar-refractivity contribution in [1.29, 1.82) is 0 Å². The first-order chi connectivity index (χ1) is 13.4. The zero-order valence-corrected chi connectivity index (χ0v) is 16.8. The lowest BCUT2D eigenvalue weighted by Crippen LogP contribution is -2.20. The Morgan fingerprint density at radius 2 is 1.96 bits per heavy atom.